The lowest BCUT2D eigenvalue weighted by Gasteiger charge is -2.37. The van der Waals surface area contributed by atoms with Crippen LogP contribution in [0.3, 0.4) is 0 Å². The van der Waals surface area contributed by atoms with Crippen molar-refractivity contribution in [3.63, 3.8) is 0 Å². The summed E-state index contributed by atoms with van der Waals surface area (Å²) in [5.74, 6) is -3.81. The van der Waals surface area contributed by atoms with Crippen molar-refractivity contribution in [1.29, 1.82) is 0 Å². The number of esters is 1. The molecular weight excluding hydrogens is 378 g/mol. The first-order chi connectivity index (χ1) is 12.3. The third-order valence-electron chi connectivity index (χ3n) is 3.51. The first-order valence-electron chi connectivity index (χ1n) is 8.38. The summed E-state index contributed by atoms with van der Waals surface area (Å²) in [6.45, 7) is 3.37. The van der Waals surface area contributed by atoms with Crippen molar-refractivity contribution in [1.82, 2.24) is 5.09 Å². The second-order valence-corrected chi connectivity index (χ2v) is 8.38. The molecule has 12 heteroatoms. The predicted octanol–water partition coefficient (Wildman–Crippen LogP) is -0.310. The van der Waals surface area contributed by atoms with Crippen LogP contribution in [0.5, 0.6) is 5.75 Å². The van der Waals surface area contributed by atoms with Crippen molar-refractivity contribution in [2.45, 2.75) is 44.2 Å². The van der Waals surface area contributed by atoms with Crippen LogP contribution in [0, 0.1) is 0 Å². The molecule has 0 aliphatic rings. The van der Waals surface area contributed by atoms with Crippen LogP contribution in [0.4, 0.5) is 4.39 Å². The Hall–Kier alpha value is -1.38. The van der Waals surface area contributed by atoms with E-state index in [1.165, 1.54) is 19.1 Å². The summed E-state index contributed by atoms with van der Waals surface area (Å²) in [6, 6.07) is 6.76. The maximum absolute atomic E-state index is 14.2. The van der Waals surface area contributed by atoms with Gasteiger partial charge >= 0.3 is 13.7 Å². The Labute approximate surface area is 159 Å². The highest BCUT2D eigenvalue weighted by molar-refractivity contribution is 7.52. The van der Waals surface area contributed by atoms with Crippen molar-refractivity contribution >= 4 is 29.4 Å². The zero-order valence-corrected chi connectivity index (χ0v) is 16.9. The lowest BCUT2D eigenvalue weighted by Crippen LogP contribution is -2.57. The van der Waals surface area contributed by atoms with E-state index in [4.69, 9.17) is 18.9 Å². The average molecular weight is 403 g/mol. The SMILES string of the molecule is BC(B)(OP(=O)(NC(C)C(=O)OC(C)C)Oc1ccccc1)[C@](O)(F)CO. The van der Waals surface area contributed by atoms with E-state index in [1.54, 1.807) is 32.0 Å². The number of benzene rings is 1. The highest BCUT2D eigenvalue weighted by Crippen LogP contribution is 2.49. The highest BCUT2D eigenvalue weighted by atomic mass is 31.2. The minimum absolute atomic E-state index is 0.125. The van der Waals surface area contributed by atoms with Gasteiger partial charge < -0.3 is 19.5 Å². The molecule has 0 aliphatic heterocycles. The van der Waals surface area contributed by atoms with E-state index >= 15 is 0 Å². The monoisotopic (exact) mass is 403 g/mol. The average Bonchev–Trinajstić information content (AvgIpc) is 2.53. The maximum atomic E-state index is 14.2. The van der Waals surface area contributed by atoms with Gasteiger partial charge in [0, 0.05) is 0 Å². The number of aliphatic hydroxyl groups excluding tert-OH is 1. The van der Waals surface area contributed by atoms with Gasteiger partial charge in [-0.2, -0.15) is 5.09 Å². The van der Waals surface area contributed by atoms with E-state index in [9.17, 15) is 18.9 Å². The summed E-state index contributed by atoms with van der Waals surface area (Å²) in [4.78, 5) is 12.0. The van der Waals surface area contributed by atoms with E-state index in [2.05, 4.69) is 5.09 Å². The number of hydrogen-bond acceptors (Lipinski definition) is 7. The molecule has 0 bridgehead atoms. The third kappa shape index (κ3) is 6.93. The van der Waals surface area contributed by atoms with Gasteiger partial charge in [-0.3, -0.25) is 9.32 Å². The molecule has 27 heavy (non-hydrogen) atoms. The largest absolute Gasteiger partial charge is 0.462 e. The van der Waals surface area contributed by atoms with Crippen molar-refractivity contribution in [2.75, 3.05) is 6.61 Å². The molecule has 1 rings (SSSR count). The fourth-order valence-corrected chi connectivity index (χ4v) is 3.74. The van der Waals surface area contributed by atoms with Crippen LogP contribution >= 0.6 is 7.75 Å². The minimum atomic E-state index is -4.39. The topological polar surface area (TPSA) is 114 Å². The summed E-state index contributed by atoms with van der Waals surface area (Å²) >= 11 is 0. The molecule has 3 N–H and O–H groups in total. The van der Waals surface area contributed by atoms with Crippen LogP contribution in [0.25, 0.3) is 0 Å². The summed E-state index contributed by atoms with van der Waals surface area (Å²) in [7, 11) is -2.22. The Morgan fingerprint density at radius 3 is 2.33 bits per heavy atom. The quantitative estimate of drug-likeness (QED) is 0.277. The van der Waals surface area contributed by atoms with Gasteiger partial charge in [0.05, 0.1) is 11.5 Å². The van der Waals surface area contributed by atoms with E-state index in [0.717, 1.165) is 15.7 Å². The predicted molar refractivity (Wildman–Crippen MR) is 103 cm³/mol. The molecule has 8 nitrogen and oxygen atoms in total. The fraction of sp³-hybridized carbons (Fsp3) is 0.533. The molecule has 0 radical (unpaired) electrons. The van der Waals surface area contributed by atoms with Gasteiger partial charge in [0.1, 0.15) is 34.1 Å². The van der Waals surface area contributed by atoms with Gasteiger partial charge in [0.2, 0.25) is 5.85 Å². The molecule has 0 amide bonds. The standard InChI is InChI=1S/C15H25B2FNO7P/c1-10(2)24-13(21)11(3)19-27(23,25-12-7-5-4-6-8-12)26-15(16,17)14(18,22)9-20/h4-8,10-11,20,22H,9,16-17H2,1-3H3,(H,19,23)/t11?,14-,27?/m0/s1. The molecule has 0 heterocycles. The molecule has 0 aliphatic carbocycles. The molecule has 1 aromatic carbocycles. The molecule has 0 fully saturated rings. The zero-order chi connectivity index (χ0) is 20.9. The number of halogens is 1. The van der Waals surface area contributed by atoms with Crippen LogP contribution in [-0.2, 0) is 18.6 Å². The van der Waals surface area contributed by atoms with Crippen molar-refractivity contribution < 1.29 is 37.7 Å². The molecule has 1 aromatic rings. The zero-order valence-electron chi connectivity index (χ0n) is 16.0. The number of alkyl halides is 1. The first-order valence-corrected chi connectivity index (χ1v) is 9.92. The molecular formula is C15H25B2FNO7P. The van der Waals surface area contributed by atoms with Crippen molar-refractivity contribution in [3.8, 4) is 5.75 Å². The number of rotatable bonds is 10. The van der Waals surface area contributed by atoms with Gasteiger partial charge in [-0.25, -0.2) is 8.96 Å². The Bertz CT molecular complexity index is 675. The van der Waals surface area contributed by atoms with Gasteiger partial charge in [-0.05, 0) is 32.9 Å². The van der Waals surface area contributed by atoms with Crippen LogP contribution in [0.15, 0.2) is 30.3 Å². The Morgan fingerprint density at radius 1 is 1.30 bits per heavy atom. The molecule has 150 valence electrons. The smallest absolute Gasteiger partial charge is 0.458 e. The maximum Gasteiger partial charge on any atom is 0.458 e. The Balaban J connectivity index is 3.12. The minimum Gasteiger partial charge on any atom is -0.462 e. The molecule has 3 atom stereocenters. The van der Waals surface area contributed by atoms with Crippen LogP contribution in [0.2, 0.25) is 0 Å². The summed E-state index contributed by atoms with van der Waals surface area (Å²) in [5.41, 5.74) is 0. The molecule has 0 spiro atoms. The molecule has 2 unspecified atom stereocenters. The second kappa shape index (κ2) is 9.21. The second-order valence-electron chi connectivity index (χ2n) is 6.76. The fourth-order valence-electron chi connectivity index (χ4n) is 1.88. The Kier molecular flexibility index (Phi) is 8.07. The van der Waals surface area contributed by atoms with Crippen LogP contribution in [-0.4, -0.2) is 61.9 Å². The molecule has 0 aromatic heterocycles. The van der Waals surface area contributed by atoms with Crippen molar-refractivity contribution in [2.24, 2.45) is 0 Å². The lowest BCUT2D eigenvalue weighted by atomic mass is 9.61. The first kappa shape index (κ1) is 23.7. The lowest BCUT2D eigenvalue weighted by molar-refractivity contribution is -0.176. The summed E-state index contributed by atoms with van der Waals surface area (Å²) < 4.78 is 43.1. The van der Waals surface area contributed by atoms with Crippen LogP contribution < -0.4 is 9.61 Å². The Morgan fingerprint density at radius 2 is 1.85 bits per heavy atom. The molecule has 0 saturated heterocycles. The summed E-state index contributed by atoms with van der Waals surface area (Å²) in [6.07, 6.45) is -0.404. The number of para-hydroxylation sites is 1. The van der Waals surface area contributed by atoms with Gasteiger partial charge in [0.15, 0.2) is 0 Å². The van der Waals surface area contributed by atoms with Gasteiger partial charge in [0.25, 0.3) is 0 Å². The highest BCUT2D eigenvalue weighted by Gasteiger charge is 2.50. The number of aliphatic hydroxyl groups is 2. The van der Waals surface area contributed by atoms with Gasteiger partial charge in [-0.15, -0.1) is 0 Å². The van der Waals surface area contributed by atoms with Crippen molar-refractivity contribution in [3.05, 3.63) is 30.3 Å². The number of ether oxygens (including phenoxy) is 1. The van der Waals surface area contributed by atoms with E-state index in [1.807, 2.05) is 0 Å². The number of hydrogen-bond donors (Lipinski definition) is 3. The number of nitrogens with one attached hydrogen (secondary N) is 1. The number of carbonyl (C=O) groups excluding carboxylic acids is 1. The third-order valence-corrected chi connectivity index (χ3v) is 5.36. The van der Waals surface area contributed by atoms with E-state index in [-0.39, 0.29) is 5.75 Å². The van der Waals surface area contributed by atoms with Crippen LogP contribution in [0.1, 0.15) is 20.8 Å². The normalized spacial score (nSPS) is 17.6. The number of carbonyl (C=O) groups is 1. The molecule has 0 saturated carbocycles. The van der Waals surface area contributed by atoms with Gasteiger partial charge in [-0.1, -0.05) is 18.2 Å². The van der Waals surface area contributed by atoms with E-state index < -0.39 is 43.7 Å². The summed E-state index contributed by atoms with van der Waals surface area (Å²) in [5, 5.41) is 19.0. The van der Waals surface area contributed by atoms with E-state index in [0.29, 0.717) is 0 Å².